The number of ether oxygens (including phenoxy) is 1. The van der Waals surface area contributed by atoms with Crippen molar-refractivity contribution in [1.82, 2.24) is 15.0 Å². The highest BCUT2D eigenvalue weighted by Gasteiger charge is 2.13. The van der Waals surface area contributed by atoms with E-state index in [1.165, 1.54) is 0 Å². The normalized spacial score (nSPS) is 12.2. The molecular weight excluding hydrogens is 278 g/mol. The SMILES string of the molecule is CCCC(COC)Nc1nc(Cl)nc(N(CC)CC)n1. The van der Waals surface area contributed by atoms with Crippen molar-refractivity contribution < 1.29 is 4.74 Å². The molecule has 0 bridgehead atoms. The van der Waals surface area contributed by atoms with Crippen LogP contribution in [0, 0.1) is 0 Å². The number of methoxy groups -OCH3 is 1. The van der Waals surface area contributed by atoms with Crippen molar-refractivity contribution >= 4 is 23.5 Å². The number of aromatic nitrogens is 3. The van der Waals surface area contributed by atoms with E-state index in [2.05, 4.69) is 41.0 Å². The van der Waals surface area contributed by atoms with E-state index in [0.717, 1.165) is 25.9 Å². The molecule has 1 atom stereocenters. The average Bonchev–Trinajstić information content (AvgIpc) is 2.40. The van der Waals surface area contributed by atoms with Gasteiger partial charge in [0, 0.05) is 20.2 Å². The van der Waals surface area contributed by atoms with Crippen LogP contribution < -0.4 is 10.2 Å². The van der Waals surface area contributed by atoms with Crippen molar-refractivity contribution in [1.29, 1.82) is 0 Å². The summed E-state index contributed by atoms with van der Waals surface area (Å²) in [6.07, 6.45) is 2.04. The van der Waals surface area contributed by atoms with E-state index in [1.807, 2.05) is 4.90 Å². The first-order valence-corrected chi connectivity index (χ1v) is 7.44. The Balaban J connectivity index is 2.88. The smallest absolute Gasteiger partial charge is 0.231 e. The van der Waals surface area contributed by atoms with Gasteiger partial charge in [-0.3, -0.25) is 0 Å². The molecule has 114 valence electrons. The number of nitrogens with one attached hydrogen (secondary N) is 1. The number of hydrogen-bond donors (Lipinski definition) is 1. The Morgan fingerprint density at radius 1 is 1.20 bits per heavy atom. The lowest BCUT2D eigenvalue weighted by Crippen LogP contribution is -2.28. The van der Waals surface area contributed by atoms with Crippen LogP contribution in [0.1, 0.15) is 33.6 Å². The summed E-state index contributed by atoms with van der Waals surface area (Å²) in [5, 5.41) is 3.47. The number of hydrogen-bond acceptors (Lipinski definition) is 6. The maximum absolute atomic E-state index is 5.99. The lowest BCUT2D eigenvalue weighted by molar-refractivity contribution is 0.182. The molecular formula is C13H24ClN5O. The Labute approximate surface area is 125 Å². The van der Waals surface area contributed by atoms with Crippen molar-refractivity contribution in [3.8, 4) is 0 Å². The Kier molecular flexibility index (Phi) is 7.54. The van der Waals surface area contributed by atoms with Crippen LogP contribution in [0.25, 0.3) is 0 Å². The first-order valence-electron chi connectivity index (χ1n) is 7.06. The highest BCUT2D eigenvalue weighted by atomic mass is 35.5. The quantitative estimate of drug-likeness (QED) is 0.756. The van der Waals surface area contributed by atoms with E-state index in [-0.39, 0.29) is 11.3 Å². The molecule has 1 heterocycles. The summed E-state index contributed by atoms with van der Waals surface area (Å²) in [4.78, 5) is 14.8. The minimum Gasteiger partial charge on any atom is -0.383 e. The predicted molar refractivity (Wildman–Crippen MR) is 82.6 cm³/mol. The largest absolute Gasteiger partial charge is 0.383 e. The van der Waals surface area contributed by atoms with Crippen LogP contribution in [0.3, 0.4) is 0 Å². The van der Waals surface area contributed by atoms with Gasteiger partial charge in [-0.15, -0.1) is 0 Å². The van der Waals surface area contributed by atoms with Crippen LogP contribution in [-0.2, 0) is 4.74 Å². The van der Waals surface area contributed by atoms with Crippen molar-refractivity contribution in [3.05, 3.63) is 5.28 Å². The summed E-state index contributed by atoms with van der Waals surface area (Å²) in [7, 11) is 1.69. The molecule has 0 amide bonds. The summed E-state index contributed by atoms with van der Waals surface area (Å²) in [5.74, 6) is 1.10. The zero-order chi connectivity index (χ0) is 15.0. The lowest BCUT2D eigenvalue weighted by atomic mass is 10.2. The van der Waals surface area contributed by atoms with Crippen LogP contribution in [0.15, 0.2) is 0 Å². The third-order valence-electron chi connectivity index (χ3n) is 2.98. The Morgan fingerprint density at radius 3 is 2.45 bits per heavy atom. The van der Waals surface area contributed by atoms with Crippen LogP contribution in [-0.4, -0.2) is 47.8 Å². The third kappa shape index (κ3) is 5.09. The summed E-state index contributed by atoms with van der Waals surface area (Å²) >= 11 is 5.99. The van der Waals surface area contributed by atoms with Gasteiger partial charge in [-0.25, -0.2) is 0 Å². The van der Waals surface area contributed by atoms with Crippen molar-refractivity contribution in [2.45, 2.75) is 39.7 Å². The highest BCUT2D eigenvalue weighted by molar-refractivity contribution is 6.28. The lowest BCUT2D eigenvalue weighted by Gasteiger charge is -2.21. The van der Waals surface area contributed by atoms with E-state index in [4.69, 9.17) is 16.3 Å². The van der Waals surface area contributed by atoms with Crippen LogP contribution >= 0.6 is 11.6 Å². The molecule has 0 aromatic carbocycles. The highest BCUT2D eigenvalue weighted by Crippen LogP contribution is 2.15. The van der Waals surface area contributed by atoms with Gasteiger partial charge < -0.3 is 15.0 Å². The molecule has 0 aliphatic rings. The summed E-state index contributed by atoms with van der Waals surface area (Å²) in [6, 6.07) is 0.174. The van der Waals surface area contributed by atoms with Crippen LogP contribution in [0.5, 0.6) is 0 Å². The molecule has 1 rings (SSSR count). The van der Waals surface area contributed by atoms with Crippen molar-refractivity contribution in [3.63, 3.8) is 0 Å². The van der Waals surface area contributed by atoms with Crippen molar-refractivity contribution in [2.24, 2.45) is 0 Å². The molecule has 0 aliphatic heterocycles. The van der Waals surface area contributed by atoms with Gasteiger partial charge in [0.15, 0.2) is 0 Å². The fourth-order valence-electron chi connectivity index (χ4n) is 1.98. The predicted octanol–water partition coefficient (Wildman–Crippen LogP) is 2.60. The molecule has 20 heavy (non-hydrogen) atoms. The van der Waals surface area contributed by atoms with Gasteiger partial charge in [-0.2, -0.15) is 15.0 Å². The molecule has 1 aromatic heterocycles. The van der Waals surface area contributed by atoms with Gasteiger partial charge in [-0.1, -0.05) is 13.3 Å². The van der Waals surface area contributed by atoms with E-state index < -0.39 is 0 Å². The zero-order valence-electron chi connectivity index (χ0n) is 12.7. The molecule has 0 saturated carbocycles. The Morgan fingerprint density at radius 2 is 1.90 bits per heavy atom. The zero-order valence-corrected chi connectivity index (χ0v) is 13.4. The second-order valence-electron chi connectivity index (χ2n) is 4.49. The number of rotatable bonds is 9. The Hall–Kier alpha value is -1.14. The molecule has 6 nitrogen and oxygen atoms in total. The molecule has 0 aliphatic carbocycles. The summed E-state index contributed by atoms with van der Waals surface area (Å²) < 4.78 is 5.20. The third-order valence-corrected chi connectivity index (χ3v) is 3.15. The topological polar surface area (TPSA) is 63.2 Å². The minimum atomic E-state index is 0.174. The molecule has 1 unspecified atom stereocenters. The molecule has 0 radical (unpaired) electrons. The standard InChI is InChI=1S/C13H24ClN5O/c1-5-8-10(9-20-4)15-12-16-11(14)17-13(18-12)19(6-2)7-3/h10H,5-9H2,1-4H3,(H,15,16,17,18). The van der Waals surface area contributed by atoms with E-state index in [0.29, 0.717) is 18.5 Å². The number of halogens is 1. The maximum atomic E-state index is 5.99. The second-order valence-corrected chi connectivity index (χ2v) is 4.82. The van der Waals surface area contributed by atoms with Crippen LogP contribution in [0.4, 0.5) is 11.9 Å². The van der Waals surface area contributed by atoms with Crippen molar-refractivity contribution in [2.75, 3.05) is 37.0 Å². The van der Waals surface area contributed by atoms with Gasteiger partial charge in [0.05, 0.1) is 12.6 Å². The van der Waals surface area contributed by atoms with Gasteiger partial charge in [0.25, 0.3) is 0 Å². The van der Waals surface area contributed by atoms with Gasteiger partial charge >= 0.3 is 0 Å². The monoisotopic (exact) mass is 301 g/mol. The maximum Gasteiger partial charge on any atom is 0.231 e. The number of nitrogens with zero attached hydrogens (tertiary/aromatic N) is 4. The fourth-order valence-corrected chi connectivity index (χ4v) is 2.14. The minimum absolute atomic E-state index is 0.174. The molecule has 1 N–H and O–H groups in total. The summed E-state index contributed by atoms with van der Waals surface area (Å²) in [5.41, 5.74) is 0. The van der Waals surface area contributed by atoms with Gasteiger partial charge in [-0.05, 0) is 31.9 Å². The van der Waals surface area contributed by atoms with Gasteiger partial charge in [0.2, 0.25) is 17.2 Å². The van der Waals surface area contributed by atoms with E-state index in [9.17, 15) is 0 Å². The van der Waals surface area contributed by atoms with E-state index in [1.54, 1.807) is 7.11 Å². The van der Waals surface area contributed by atoms with Crippen LogP contribution in [0.2, 0.25) is 5.28 Å². The fraction of sp³-hybridized carbons (Fsp3) is 0.769. The first kappa shape index (κ1) is 16.9. The second kappa shape index (κ2) is 8.92. The number of anilines is 2. The molecule has 0 spiro atoms. The first-order chi connectivity index (χ1) is 9.64. The van der Waals surface area contributed by atoms with Gasteiger partial charge in [0.1, 0.15) is 0 Å². The molecule has 7 heteroatoms. The Bertz CT molecular complexity index is 394. The molecule has 0 saturated heterocycles. The summed E-state index contributed by atoms with van der Waals surface area (Å²) in [6.45, 7) is 8.50. The molecule has 0 fully saturated rings. The average molecular weight is 302 g/mol. The molecule has 1 aromatic rings. The van der Waals surface area contributed by atoms with E-state index >= 15 is 0 Å².